The van der Waals surface area contributed by atoms with Gasteiger partial charge in [-0.3, -0.25) is 0 Å². The second-order valence-electron chi connectivity index (χ2n) is 8.31. The molecule has 0 saturated carbocycles. The Morgan fingerprint density at radius 1 is 0.571 bits per heavy atom. The molecule has 6 heteroatoms. The van der Waals surface area contributed by atoms with Gasteiger partial charge in [0.15, 0.2) is 34.8 Å². The highest BCUT2D eigenvalue weighted by molar-refractivity contribution is 5.71. The van der Waals surface area contributed by atoms with Gasteiger partial charge in [0, 0.05) is 0 Å². The van der Waals surface area contributed by atoms with Gasteiger partial charge in [-0.25, -0.2) is 22.0 Å². The number of unbranched alkanes of at least 4 members (excludes halogenated alkanes) is 1. The van der Waals surface area contributed by atoms with Crippen LogP contribution in [0.5, 0.6) is 5.75 Å². The second-order valence-corrected chi connectivity index (χ2v) is 8.31. The Hall–Kier alpha value is -3.67. The van der Waals surface area contributed by atoms with Gasteiger partial charge < -0.3 is 4.74 Å². The van der Waals surface area contributed by atoms with Crippen LogP contribution in [0, 0.1) is 29.1 Å². The first-order chi connectivity index (χ1) is 16.9. The highest BCUT2D eigenvalue weighted by Gasteiger charge is 2.16. The van der Waals surface area contributed by atoms with Crippen molar-refractivity contribution in [3.63, 3.8) is 0 Å². The summed E-state index contributed by atoms with van der Waals surface area (Å²) in [6, 6.07) is 19.3. The Morgan fingerprint density at radius 3 is 1.57 bits per heavy atom. The van der Waals surface area contributed by atoms with Crippen LogP contribution in [0.3, 0.4) is 0 Å². The van der Waals surface area contributed by atoms with Crippen molar-refractivity contribution in [3.05, 3.63) is 113 Å². The van der Waals surface area contributed by atoms with Crippen molar-refractivity contribution in [2.45, 2.75) is 32.8 Å². The van der Waals surface area contributed by atoms with Gasteiger partial charge in [-0.2, -0.15) is 0 Å². The quantitative estimate of drug-likeness (QED) is 0.180. The van der Waals surface area contributed by atoms with E-state index >= 15 is 0 Å². The van der Waals surface area contributed by atoms with Crippen molar-refractivity contribution in [2.75, 3.05) is 0 Å². The van der Waals surface area contributed by atoms with E-state index in [0.717, 1.165) is 42.5 Å². The summed E-state index contributed by atoms with van der Waals surface area (Å²) in [7, 11) is 0. The molecule has 4 aromatic carbocycles. The predicted octanol–water partition coefficient (Wildman–Crippen LogP) is 8.64. The van der Waals surface area contributed by atoms with Gasteiger partial charge in [-0.1, -0.05) is 61.9 Å². The molecule has 35 heavy (non-hydrogen) atoms. The molecule has 0 atom stereocenters. The van der Waals surface area contributed by atoms with E-state index in [1.54, 1.807) is 12.1 Å². The zero-order chi connectivity index (χ0) is 24.9. The molecule has 4 rings (SSSR count). The van der Waals surface area contributed by atoms with Crippen molar-refractivity contribution >= 4 is 0 Å². The first kappa shape index (κ1) is 24.5. The second kappa shape index (κ2) is 10.7. The molecule has 0 heterocycles. The summed E-state index contributed by atoms with van der Waals surface area (Å²) in [5, 5.41) is 0. The maximum Gasteiger partial charge on any atom is 0.194 e. The average molecular weight is 482 g/mol. The van der Waals surface area contributed by atoms with Gasteiger partial charge in [-0.15, -0.1) is 0 Å². The van der Waals surface area contributed by atoms with Gasteiger partial charge in [0.05, 0.1) is 0 Å². The summed E-state index contributed by atoms with van der Waals surface area (Å²) in [6.07, 6.45) is 3.34. The lowest BCUT2D eigenvalue weighted by atomic mass is 9.98. The molecule has 180 valence electrons. The maximum absolute atomic E-state index is 14.6. The third-order valence-corrected chi connectivity index (χ3v) is 5.75. The lowest BCUT2D eigenvalue weighted by Gasteiger charge is -2.11. The molecule has 0 saturated heterocycles. The van der Waals surface area contributed by atoms with Crippen LogP contribution in [0.15, 0.2) is 72.8 Å². The van der Waals surface area contributed by atoms with E-state index in [1.807, 2.05) is 12.1 Å². The summed E-state index contributed by atoms with van der Waals surface area (Å²) in [5.41, 5.74) is 4.14. The molecule has 0 unspecified atom stereocenters. The molecule has 0 bridgehead atoms. The maximum atomic E-state index is 14.6. The monoisotopic (exact) mass is 482 g/mol. The van der Waals surface area contributed by atoms with Crippen molar-refractivity contribution in [1.82, 2.24) is 0 Å². The fourth-order valence-corrected chi connectivity index (χ4v) is 3.81. The summed E-state index contributed by atoms with van der Waals surface area (Å²) < 4.78 is 74.1. The molecule has 0 N–H and O–H groups in total. The Labute approximate surface area is 200 Å². The normalized spacial score (nSPS) is 11.0. The molecule has 0 amide bonds. The molecule has 0 aliphatic carbocycles. The minimum absolute atomic E-state index is 0.0988. The number of rotatable bonds is 8. The molecule has 0 fully saturated rings. The van der Waals surface area contributed by atoms with Gasteiger partial charge in [0.25, 0.3) is 0 Å². The summed E-state index contributed by atoms with van der Waals surface area (Å²) in [6.45, 7) is 1.62. The molecule has 0 radical (unpaired) electrons. The minimum Gasteiger partial charge on any atom is -0.483 e. The number of ether oxygens (including phenoxy) is 1. The first-order valence-electron chi connectivity index (χ1n) is 11.3. The van der Waals surface area contributed by atoms with Crippen LogP contribution in [0.25, 0.3) is 22.3 Å². The SMILES string of the molecule is CCCCc1ccc(-c2ccc(-c3cc(F)c(OCc4cc(F)c(F)c(F)c4)c(F)c3)cc2)cc1. The zero-order valence-electron chi connectivity index (χ0n) is 19.1. The van der Waals surface area contributed by atoms with Crippen LogP contribution in [0.4, 0.5) is 22.0 Å². The van der Waals surface area contributed by atoms with Gasteiger partial charge in [0.2, 0.25) is 0 Å². The van der Waals surface area contributed by atoms with Crippen LogP contribution < -0.4 is 4.74 Å². The predicted molar refractivity (Wildman–Crippen MR) is 126 cm³/mol. The number of benzene rings is 4. The molecule has 0 aliphatic rings. The van der Waals surface area contributed by atoms with E-state index in [9.17, 15) is 22.0 Å². The van der Waals surface area contributed by atoms with E-state index in [-0.39, 0.29) is 5.56 Å². The molecule has 0 spiro atoms. The first-order valence-corrected chi connectivity index (χ1v) is 11.3. The highest BCUT2D eigenvalue weighted by Crippen LogP contribution is 2.31. The molecular weight excluding hydrogens is 459 g/mol. The van der Waals surface area contributed by atoms with Gasteiger partial charge in [-0.05, 0) is 70.5 Å². The van der Waals surface area contributed by atoms with Crippen LogP contribution in [-0.2, 0) is 13.0 Å². The van der Waals surface area contributed by atoms with Crippen LogP contribution >= 0.6 is 0 Å². The standard InChI is InChI=1S/C29H23F5O/c1-2-3-4-18-5-7-20(8-6-18)21-9-11-22(12-10-21)23-15-26(32)29(27(33)16-23)35-17-19-13-24(30)28(34)25(31)14-19/h5-16H,2-4,17H2,1H3. The van der Waals surface area contributed by atoms with Crippen molar-refractivity contribution in [2.24, 2.45) is 0 Å². The molecular formula is C29H23F5O. The van der Waals surface area contributed by atoms with Crippen molar-refractivity contribution < 1.29 is 26.7 Å². The molecule has 1 nitrogen and oxygen atoms in total. The van der Waals surface area contributed by atoms with Crippen LogP contribution in [0.2, 0.25) is 0 Å². The third-order valence-electron chi connectivity index (χ3n) is 5.75. The van der Waals surface area contributed by atoms with Crippen LogP contribution in [-0.4, -0.2) is 0 Å². The average Bonchev–Trinajstić information content (AvgIpc) is 2.86. The fraction of sp³-hybridized carbons (Fsp3) is 0.172. The molecule has 4 aromatic rings. The number of halogens is 5. The van der Waals surface area contributed by atoms with E-state index in [4.69, 9.17) is 4.74 Å². The summed E-state index contributed by atoms with van der Waals surface area (Å²) >= 11 is 0. The number of hydrogen-bond donors (Lipinski definition) is 0. The highest BCUT2D eigenvalue weighted by atomic mass is 19.2. The lowest BCUT2D eigenvalue weighted by molar-refractivity contribution is 0.272. The molecule has 0 aromatic heterocycles. The summed E-state index contributed by atoms with van der Waals surface area (Å²) in [5.74, 6) is -7.04. The van der Waals surface area contributed by atoms with E-state index < -0.39 is 41.4 Å². The number of aryl methyl sites for hydroxylation is 1. The Bertz CT molecular complexity index is 1270. The zero-order valence-corrected chi connectivity index (χ0v) is 19.1. The van der Waals surface area contributed by atoms with E-state index in [0.29, 0.717) is 23.3 Å². The smallest absolute Gasteiger partial charge is 0.194 e. The Morgan fingerprint density at radius 2 is 1.06 bits per heavy atom. The Balaban J connectivity index is 1.49. The molecule has 0 aliphatic heterocycles. The number of hydrogen-bond acceptors (Lipinski definition) is 1. The fourth-order valence-electron chi connectivity index (χ4n) is 3.81. The summed E-state index contributed by atoms with van der Waals surface area (Å²) in [4.78, 5) is 0. The van der Waals surface area contributed by atoms with Gasteiger partial charge >= 0.3 is 0 Å². The lowest BCUT2D eigenvalue weighted by Crippen LogP contribution is -2.03. The van der Waals surface area contributed by atoms with E-state index in [2.05, 4.69) is 31.2 Å². The third kappa shape index (κ3) is 5.70. The minimum atomic E-state index is -1.62. The largest absolute Gasteiger partial charge is 0.483 e. The van der Waals surface area contributed by atoms with Gasteiger partial charge in [0.1, 0.15) is 6.61 Å². The van der Waals surface area contributed by atoms with Crippen molar-refractivity contribution in [1.29, 1.82) is 0 Å². The van der Waals surface area contributed by atoms with E-state index in [1.165, 1.54) is 5.56 Å². The Kier molecular flexibility index (Phi) is 7.49. The van der Waals surface area contributed by atoms with Crippen molar-refractivity contribution in [3.8, 4) is 28.0 Å². The van der Waals surface area contributed by atoms with Crippen LogP contribution in [0.1, 0.15) is 30.9 Å². The topological polar surface area (TPSA) is 9.23 Å².